The monoisotopic (exact) mass is 165 g/mol. The van der Waals surface area contributed by atoms with E-state index < -0.39 is 7.69 Å². The average molecular weight is 165 g/mol. The Balaban J connectivity index is 0.000000213. The van der Waals surface area contributed by atoms with E-state index in [2.05, 4.69) is 4.98 Å². The predicted molar refractivity (Wildman–Crippen MR) is 47.3 cm³/mol. The minimum Gasteiger partial charge on any atom is -0.430 e. The first kappa shape index (κ1) is 8.77. The molecule has 4 nitrogen and oxygen atoms in total. The number of rotatable bonds is 0. The summed E-state index contributed by atoms with van der Waals surface area (Å²) in [5.41, 5.74) is 0.894. The number of pyridine rings is 2. The largest absolute Gasteiger partial charge is 0.432 e. The molecular weight excluding hydrogens is 157 g/mol. The lowest BCUT2D eigenvalue weighted by molar-refractivity contribution is 0.448. The predicted octanol–water partition coefficient (Wildman–Crippen LogP) is -0.797. The molecule has 5 heteroatoms. The van der Waals surface area contributed by atoms with Gasteiger partial charge in [0, 0.05) is 10.9 Å². The third kappa shape index (κ3) is 1.84. The second-order valence-corrected chi connectivity index (χ2v) is 2.17. The summed E-state index contributed by atoms with van der Waals surface area (Å²) >= 11 is 0. The van der Waals surface area contributed by atoms with Crippen LogP contribution in [0.25, 0.3) is 10.9 Å². The van der Waals surface area contributed by atoms with Crippen molar-refractivity contribution in [3.05, 3.63) is 34.6 Å². The van der Waals surface area contributed by atoms with Crippen LogP contribution >= 0.6 is 0 Å². The smallest absolute Gasteiger partial charge is 0.430 e. The Hall–Kier alpha value is -1.33. The fourth-order valence-electron chi connectivity index (χ4n) is 0.908. The first-order valence-electron chi connectivity index (χ1n) is 3.41. The van der Waals surface area contributed by atoms with E-state index in [4.69, 9.17) is 10.0 Å². The fourth-order valence-corrected chi connectivity index (χ4v) is 0.908. The lowest BCUT2D eigenvalue weighted by atomic mass is 10.2. The van der Waals surface area contributed by atoms with Gasteiger partial charge in [-0.15, -0.1) is 0 Å². The van der Waals surface area contributed by atoms with Crippen molar-refractivity contribution < 1.29 is 10.0 Å². The lowest BCUT2D eigenvalue weighted by Gasteiger charge is -1.93. The van der Waals surface area contributed by atoms with Gasteiger partial charge in [-0.1, -0.05) is 0 Å². The highest BCUT2D eigenvalue weighted by Crippen LogP contribution is 2.01. The molecule has 0 saturated carbocycles. The molecule has 0 radical (unpaired) electrons. The first-order chi connectivity index (χ1) is 5.77. The Bertz CT molecular complexity index is 366. The number of aromatic amines is 1. The highest BCUT2D eigenvalue weighted by Gasteiger charge is 1.92. The van der Waals surface area contributed by atoms with E-state index in [9.17, 15) is 4.79 Å². The normalized spacial score (nSPS) is 9.17. The number of hydrogen-bond donors (Lipinski definition) is 3. The number of hydrogen-bond acceptors (Lipinski definition) is 3. The first-order valence-corrected chi connectivity index (χ1v) is 3.41. The van der Waals surface area contributed by atoms with Gasteiger partial charge in [0.1, 0.15) is 0 Å². The molecule has 2 bridgehead atoms. The minimum absolute atomic E-state index is 0.00926. The summed E-state index contributed by atoms with van der Waals surface area (Å²) in [6.45, 7) is 0. The maximum Gasteiger partial charge on any atom is 0.432 e. The average Bonchev–Trinajstić information content (AvgIpc) is 2.07. The third-order valence-electron chi connectivity index (χ3n) is 1.40. The van der Waals surface area contributed by atoms with Gasteiger partial charge in [0.25, 0.3) is 5.56 Å². The molecule has 0 unspecified atom stereocenters. The van der Waals surface area contributed by atoms with Gasteiger partial charge in [-0.2, -0.15) is 0 Å². The van der Waals surface area contributed by atoms with Crippen molar-refractivity contribution in [1.29, 1.82) is 0 Å². The second-order valence-electron chi connectivity index (χ2n) is 2.17. The van der Waals surface area contributed by atoms with Crippen molar-refractivity contribution >= 4 is 18.6 Å². The van der Waals surface area contributed by atoms with Gasteiger partial charge in [-0.25, -0.2) is 0 Å². The number of fused-ring (bicyclic) bond motifs is 3. The quantitative estimate of drug-likeness (QED) is 0.447. The van der Waals surface area contributed by atoms with Gasteiger partial charge in [-0.05, 0) is 24.3 Å². The molecule has 62 valence electrons. The highest BCUT2D eigenvalue weighted by molar-refractivity contribution is 6.13. The summed E-state index contributed by atoms with van der Waals surface area (Å²) in [6, 6.07) is 7.40. The third-order valence-corrected chi connectivity index (χ3v) is 1.40. The van der Waals surface area contributed by atoms with Gasteiger partial charge in [0.2, 0.25) is 0 Å². The lowest BCUT2D eigenvalue weighted by Crippen LogP contribution is -2.05. The summed E-state index contributed by atoms with van der Waals surface area (Å²) in [4.78, 5) is 13.5. The Morgan fingerprint density at radius 1 is 1.17 bits per heavy atom. The Kier molecular flexibility index (Phi) is 2.84. The molecule has 0 amide bonds. The van der Waals surface area contributed by atoms with E-state index >= 15 is 0 Å². The molecule has 3 aromatic rings. The molecular formula is C7H8BNO3. The summed E-state index contributed by atoms with van der Waals surface area (Å²) in [7, 11) is -0.750. The van der Waals surface area contributed by atoms with E-state index in [-0.39, 0.29) is 5.56 Å². The zero-order valence-electron chi connectivity index (χ0n) is 6.32. The van der Waals surface area contributed by atoms with Crippen LogP contribution in [0.15, 0.2) is 29.1 Å². The molecule has 0 aliphatic heterocycles. The summed E-state index contributed by atoms with van der Waals surface area (Å²) in [5, 5.41) is 15.0. The molecule has 1 aromatic carbocycles. The number of aromatic nitrogens is 1. The number of H-pyrrole nitrogens is 1. The Labute approximate surface area is 69.1 Å². The number of nitrogens with one attached hydrogen (secondary N) is 1. The van der Waals surface area contributed by atoms with Gasteiger partial charge < -0.3 is 15.0 Å². The molecule has 0 saturated heterocycles. The van der Waals surface area contributed by atoms with Crippen LogP contribution in [0.1, 0.15) is 0 Å². The van der Waals surface area contributed by atoms with Crippen LogP contribution < -0.4 is 5.56 Å². The molecule has 0 atom stereocenters. The minimum atomic E-state index is -0.750. The van der Waals surface area contributed by atoms with Gasteiger partial charge >= 0.3 is 7.69 Å². The molecule has 0 fully saturated rings. The Morgan fingerprint density at radius 2 is 1.67 bits per heavy atom. The van der Waals surface area contributed by atoms with E-state index in [1.807, 2.05) is 24.3 Å². The molecule has 3 rings (SSSR count). The van der Waals surface area contributed by atoms with Crippen molar-refractivity contribution in [1.82, 2.24) is 4.98 Å². The van der Waals surface area contributed by atoms with Crippen molar-refractivity contribution in [3.63, 3.8) is 0 Å². The van der Waals surface area contributed by atoms with Gasteiger partial charge in [-0.3, -0.25) is 4.79 Å². The summed E-state index contributed by atoms with van der Waals surface area (Å²) in [5.74, 6) is 0. The molecule has 0 aliphatic rings. The molecule has 3 N–H and O–H groups in total. The molecule has 2 heterocycles. The van der Waals surface area contributed by atoms with E-state index in [1.165, 1.54) is 0 Å². The van der Waals surface area contributed by atoms with Crippen LogP contribution in [0.2, 0.25) is 0 Å². The van der Waals surface area contributed by atoms with Crippen LogP contribution in [-0.4, -0.2) is 22.7 Å². The van der Waals surface area contributed by atoms with Crippen LogP contribution in [0.4, 0.5) is 0 Å². The fraction of sp³-hybridized carbons (Fsp3) is 0. The van der Waals surface area contributed by atoms with E-state index in [1.54, 1.807) is 0 Å². The second kappa shape index (κ2) is 3.89. The van der Waals surface area contributed by atoms with Crippen molar-refractivity contribution in [3.8, 4) is 0 Å². The molecule has 2 aromatic heterocycles. The molecule has 0 spiro atoms. The maximum absolute atomic E-state index is 10.8. The van der Waals surface area contributed by atoms with Crippen molar-refractivity contribution in [2.75, 3.05) is 0 Å². The standard InChI is InChI=1S/C7H5NO.BH3O2/c9-7-5-1-3-6(8-7)4-2-5;2-1-3/h1-4H,(H,8,9);1-3H. The summed E-state index contributed by atoms with van der Waals surface area (Å²) < 4.78 is 0. The zero-order chi connectivity index (χ0) is 8.97. The molecule has 12 heavy (non-hydrogen) atoms. The maximum atomic E-state index is 10.8. The van der Waals surface area contributed by atoms with Gasteiger partial charge in [0.05, 0.1) is 0 Å². The SMILES string of the molecule is O=c1[nH]c2ccc1cc2.OBO. The Morgan fingerprint density at radius 3 is 1.83 bits per heavy atom. The van der Waals surface area contributed by atoms with Crippen LogP contribution in [0.3, 0.4) is 0 Å². The topological polar surface area (TPSA) is 73.3 Å². The van der Waals surface area contributed by atoms with Gasteiger partial charge in [0.15, 0.2) is 0 Å². The van der Waals surface area contributed by atoms with Crippen LogP contribution in [-0.2, 0) is 0 Å². The van der Waals surface area contributed by atoms with E-state index in [0.717, 1.165) is 10.9 Å². The summed E-state index contributed by atoms with van der Waals surface area (Å²) in [6.07, 6.45) is 0. The number of benzene rings is 1. The van der Waals surface area contributed by atoms with E-state index in [0.29, 0.717) is 0 Å². The highest BCUT2D eigenvalue weighted by atomic mass is 16.4. The van der Waals surface area contributed by atoms with Crippen LogP contribution in [0, 0.1) is 0 Å². The molecule has 0 aliphatic carbocycles. The van der Waals surface area contributed by atoms with Crippen molar-refractivity contribution in [2.45, 2.75) is 0 Å². The van der Waals surface area contributed by atoms with Crippen LogP contribution in [0.5, 0.6) is 0 Å². The zero-order valence-corrected chi connectivity index (χ0v) is 6.32. The van der Waals surface area contributed by atoms with Crippen molar-refractivity contribution in [2.24, 2.45) is 0 Å².